The minimum atomic E-state index is -0.597. The van der Waals surface area contributed by atoms with Crippen molar-refractivity contribution in [1.82, 2.24) is 0 Å². The molecule has 5 heteroatoms. The molecular formula is C18H18N2O2S. The van der Waals surface area contributed by atoms with E-state index in [2.05, 4.69) is 5.32 Å². The van der Waals surface area contributed by atoms with Gasteiger partial charge in [0.15, 0.2) is 0 Å². The second-order valence-electron chi connectivity index (χ2n) is 5.38. The summed E-state index contributed by atoms with van der Waals surface area (Å²) in [4.78, 5) is 27.5. The Morgan fingerprint density at radius 2 is 1.96 bits per heavy atom. The van der Waals surface area contributed by atoms with Crippen LogP contribution in [0, 0.1) is 0 Å². The summed E-state index contributed by atoms with van der Waals surface area (Å²) in [7, 11) is 0. The summed E-state index contributed by atoms with van der Waals surface area (Å²) in [5.41, 5.74) is 2.60. The average Bonchev–Trinajstić information content (AvgIpc) is 2.60. The molecular weight excluding hydrogens is 308 g/mol. The van der Waals surface area contributed by atoms with Crippen molar-refractivity contribution in [3.63, 3.8) is 0 Å². The predicted molar refractivity (Wildman–Crippen MR) is 94.0 cm³/mol. The van der Waals surface area contributed by atoms with Gasteiger partial charge in [0, 0.05) is 22.8 Å². The molecule has 4 nitrogen and oxygen atoms in total. The molecule has 2 aromatic carbocycles. The van der Waals surface area contributed by atoms with Gasteiger partial charge in [-0.25, -0.2) is 0 Å². The van der Waals surface area contributed by atoms with Gasteiger partial charge in [-0.2, -0.15) is 0 Å². The number of carbonyl (C=O) groups excluding carboxylic acids is 2. The van der Waals surface area contributed by atoms with Gasteiger partial charge in [0.05, 0.1) is 0 Å². The average molecular weight is 326 g/mol. The van der Waals surface area contributed by atoms with E-state index >= 15 is 0 Å². The third-order valence-electron chi connectivity index (χ3n) is 3.88. The lowest BCUT2D eigenvalue weighted by atomic mass is 10.0. The number of hydrogen-bond donors (Lipinski definition) is 1. The Hall–Kier alpha value is -2.27. The molecule has 0 unspecified atom stereocenters. The number of nitrogens with one attached hydrogen (secondary N) is 1. The lowest BCUT2D eigenvalue weighted by Gasteiger charge is -2.28. The van der Waals surface area contributed by atoms with E-state index in [1.165, 1.54) is 0 Å². The second-order valence-corrected chi connectivity index (χ2v) is 6.25. The summed E-state index contributed by atoms with van der Waals surface area (Å²) in [6.45, 7) is 0.577. The number of fused-ring (bicyclic) bond motifs is 1. The Bertz CT molecular complexity index is 745. The molecule has 0 saturated carbocycles. The summed E-state index contributed by atoms with van der Waals surface area (Å²) in [5.74, 6) is -1.10. The summed E-state index contributed by atoms with van der Waals surface area (Å²) >= 11 is 1.59. The summed E-state index contributed by atoms with van der Waals surface area (Å²) in [5, 5.41) is 2.70. The van der Waals surface area contributed by atoms with Gasteiger partial charge in [0.1, 0.15) is 0 Å². The number of para-hydroxylation sites is 1. The Morgan fingerprint density at radius 1 is 1.13 bits per heavy atom. The lowest BCUT2D eigenvalue weighted by molar-refractivity contribution is -0.134. The monoisotopic (exact) mass is 326 g/mol. The maximum atomic E-state index is 12.5. The highest BCUT2D eigenvalue weighted by molar-refractivity contribution is 7.98. The zero-order valence-corrected chi connectivity index (χ0v) is 13.7. The zero-order valence-electron chi connectivity index (χ0n) is 12.9. The summed E-state index contributed by atoms with van der Waals surface area (Å²) in [6.07, 6.45) is 3.78. The highest BCUT2D eigenvalue weighted by Gasteiger charge is 2.27. The van der Waals surface area contributed by atoms with Crippen LogP contribution in [0.4, 0.5) is 11.4 Å². The van der Waals surface area contributed by atoms with E-state index in [0.29, 0.717) is 12.2 Å². The third kappa shape index (κ3) is 3.40. The standard InChI is InChI=1S/C18H18N2O2S/c1-23-15-9-4-8-14(12-15)19-17(21)18(22)20-11-5-7-13-6-2-3-10-16(13)20/h2-4,6,8-10,12H,5,7,11H2,1H3,(H,19,21). The van der Waals surface area contributed by atoms with Crippen molar-refractivity contribution in [2.24, 2.45) is 0 Å². The number of rotatable bonds is 2. The molecule has 23 heavy (non-hydrogen) atoms. The van der Waals surface area contributed by atoms with E-state index in [0.717, 1.165) is 29.0 Å². The lowest BCUT2D eigenvalue weighted by Crippen LogP contribution is -2.42. The summed E-state index contributed by atoms with van der Waals surface area (Å²) < 4.78 is 0. The Morgan fingerprint density at radius 3 is 2.78 bits per heavy atom. The van der Waals surface area contributed by atoms with Gasteiger partial charge >= 0.3 is 11.8 Å². The molecule has 0 radical (unpaired) electrons. The van der Waals surface area contributed by atoms with Crippen LogP contribution in [0.5, 0.6) is 0 Å². The first-order chi connectivity index (χ1) is 11.2. The van der Waals surface area contributed by atoms with Crippen LogP contribution in [0.25, 0.3) is 0 Å². The van der Waals surface area contributed by atoms with Crippen molar-refractivity contribution in [3.05, 3.63) is 54.1 Å². The number of amides is 2. The van der Waals surface area contributed by atoms with Gasteiger partial charge in [0.2, 0.25) is 0 Å². The van der Waals surface area contributed by atoms with Crippen LogP contribution >= 0.6 is 11.8 Å². The number of benzene rings is 2. The number of aryl methyl sites for hydroxylation is 1. The molecule has 0 atom stereocenters. The topological polar surface area (TPSA) is 49.4 Å². The van der Waals surface area contributed by atoms with Gasteiger partial charge < -0.3 is 10.2 Å². The first kappa shape index (κ1) is 15.6. The maximum Gasteiger partial charge on any atom is 0.316 e. The van der Waals surface area contributed by atoms with Crippen LogP contribution in [0.1, 0.15) is 12.0 Å². The van der Waals surface area contributed by atoms with Crippen LogP contribution in [0.3, 0.4) is 0 Å². The van der Waals surface area contributed by atoms with Crippen molar-refractivity contribution < 1.29 is 9.59 Å². The largest absolute Gasteiger partial charge is 0.318 e. The molecule has 1 heterocycles. The number of carbonyl (C=O) groups is 2. The first-order valence-corrected chi connectivity index (χ1v) is 8.76. The maximum absolute atomic E-state index is 12.5. The zero-order chi connectivity index (χ0) is 16.2. The van der Waals surface area contributed by atoms with Crippen molar-refractivity contribution in [2.45, 2.75) is 17.7 Å². The van der Waals surface area contributed by atoms with E-state index in [4.69, 9.17) is 0 Å². The fourth-order valence-electron chi connectivity index (χ4n) is 2.75. The molecule has 1 aliphatic heterocycles. The Balaban J connectivity index is 1.77. The molecule has 2 aromatic rings. The first-order valence-electron chi connectivity index (χ1n) is 7.54. The molecule has 0 spiro atoms. The molecule has 0 saturated heterocycles. The summed E-state index contributed by atoms with van der Waals surface area (Å²) in [6, 6.07) is 15.2. The fraction of sp³-hybridized carbons (Fsp3) is 0.222. The van der Waals surface area contributed by atoms with Crippen molar-refractivity contribution in [3.8, 4) is 0 Å². The predicted octanol–water partition coefficient (Wildman–Crippen LogP) is 3.33. The molecule has 0 aromatic heterocycles. The molecule has 1 N–H and O–H groups in total. The molecule has 1 aliphatic rings. The number of hydrogen-bond acceptors (Lipinski definition) is 3. The van der Waals surface area contributed by atoms with Gasteiger partial charge in [-0.15, -0.1) is 11.8 Å². The van der Waals surface area contributed by atoms with Crippen molar-refractivity contribution in [2.75, 3.05) is 23.0 Å². The van der Waals surface area contributed by atoms with Gasteiger partial charge in [0.25, 0.3) is 0 Å². The van der Waals surface area contributed by atoms with Gasteiger partial charge in [-0.1, -0.05) is 24.3 Å². The molecule has 0 aliphatic carbocycles. The smallest absolute Gasteiger partial charge is 0.316 e. The second kappa shape index (κ2) is 6.87. The van der Waals surface area contributed by atoms with E-state index in [-0.39, 0.29) is 0 Å². The molecule has 2 amide bonds. The SMILES string of the molecule is CSc1cccc(NC(=O)C(=O)N2CCCc3ccccc32)c1. The van der Waals surface area contributed by atoms with Crippen LogP contribution in [-0.4, -0.2) is 24.6 Å². The normalized spacial score (nSPS) is 13.3. The molecule has 0 fully saturated rings. The van der Waals surface area contributed by atoms with E-state index in [9.17, 15) is 9.59 Å². The third-order valence-corrected chi connectivity index (χ3v) is 4.60. The number of nitrogens with zero attached hydrogens (tertiary/aromatic N) is 1. The van der Waals surface area contributed by atoms with E-state index in [1.807, 2.05) is 48.7 Å². The Kier molecular flexibility index (Phi) is 4.67. The van der Waals surface area contributed by atoms with Gasteiger partial charge in [-0.3, -0.25) is 9.59 Å². The van der Waals surface area contributed by atoms with Crippen LogP contribution < -0.4 is 10.2 Å². The van der Waals surface area contributed by atoms with Crippen LogP contribution in [0.2, 0.25) is 0 Å². The molecule has 118 valence electrons. The van der Waals surface area contributed by atoms with Crippen LogP contribution in [-0.2, 0) is 16.0 Å². The number of anilines is 2. The van der Waals surface area contributed by atoms with E-state index in [1.54, 1.807) is 22.7 Å². The van der Waals surface area contributed by atoms with Crippen LogP contribution in [0.15, 0.2) is 53.4 Å². The van der Waals surface area contributed by atoms with Crippen molar-refractivity contribution >= 4 is 35.0 Å². The van der Waals surface area contributed by atoms with Gasteiger partial charge in [-0.05, 0) is 48.9 Å². The number of thioether (sulfide) groups is 1. The fourth-order valence-corrected chi connectivity index (χ4v) is 3.21. The molecule has 3 rings (SSSR count). The highest BCUT2D eigenvalue weighted by atomic mass is 32.2. The minimum absolute atomic E-state index is 0.508. The highest BCUT2D eigenvalue weighted by Crippen LogP contribution is 2.27. The quantitative estimate of drug-likeness (QED) is 0.680. The van der Waals surface area contributed by atoms with E-state index < -0.39 is 11.8 Å². The minimum Gasteiger partial charge on any atom is -0.318 e. The van der Waals surface area contributed by atoms with Crippen molar-refractivity contribution in [1.29, 1.82) is 0 Å². The Labute approximate surface area is 139 Å². The molecule has 0 bridgehead atoms.